The van der Waals surface area contributed by atoms with Gasteiger partial charge in [0.25, 0.3) is 5.91 Å². The zero-order valence-electron chi connectivity index (χ0n) is 13.2. The summed E-state index contributed by atoms with van der Waals surface area (Å²) in [6.07, 6.45) is -8.36. The molecule has 142 valence electrons. The first-order valence-corrected chi connectivity index (χ1v) is 7.85. The van der Waals surface area contributed by atoms with Crippen molar-refractivity contribution in [1.29, 1.82) is 0 Å². The van der Waals surface area contributed by atoms with Crippen molar-refractivity contribution in [3.8, 4) is 0 Å². The molecule has 10 heteroatoms. The van der Waals surface area contributed by atoms with Gasteiger partial charge in [0.1, 0.15) is 0 Å². The zero-order chi connectivity index (χ0) is 19.3. The summed E-state index contributed by atoms with van der Waals surface area (Å²) in [6, 6.07) is 0.194. The molecule has 4 nitrogen and oxygen atoms in total. The predicted molar refractivity (Wildman–Crippen MR) is 77.1 cm³/mol. The van der Waals surface area contributed by atoms with Crippen molar-refractivity contribution in [1.82, 2.24) is 10.2 Å². The van der Waals surface area contributed by atoms with Crippen LogP contribution in [0.3, 0.4) is 0 Å². The molecule has 2 fully saturated rings. The first-order chi connectivity index (χ1) is 11.9. The van der Waals surface area contributed by atoms with Crippen molar-refractivity contribution >= 4 is 11.8 Å². The minimum Gasteiger partial charge on any atom is -0.347 e. The van der Waals surface area contributed by atoms with Crippen molar-refractivity contribution in [2.75, 3.05) is 6.54 Å². The van der Waals surface area contributed by atoms with Crippen molar-refractivity contribution < 1.29 is 35.9 Å². The number of nitrogens with zero attached hydrogens (tertiary/aromatic N) is 1. The first-order valence-electron chi connectivity index (χ1n) is 7.85. The second-order valence-corrected chi connectivity index (χ2v) is 6.45. The third-order valence-corrected chi connectivity index (χ3v) is 4.33. The van der Waals surface area contributed by atoms with E-state index in [2.05, 4.69) is 5.32 Å². The molecule has 0 radical (unpaired) electrons. The first kappa shape index (κ1) is 18.5. The van der Waals surface area contributed by atoms with E-state index in [0.29, 0.717) is 12.1 Å². The molecule has 1 aliphatic carbocycles. The highest BCUT2D eigenvalue weighted by Gasteiger charge is 2.41. The Morgan fingerprint density at radius 2 is 1.54 bits per heavy atom. The van der Waals surface area contributed by atoms with Gasteiger partial charge in [0.2, 0.25) is 5.91 Å². The van der Waals surface area contributed by atoms with E-state index in [4.69, 9.17) is 0 Å². The van der Waals surface area contributed by atoms with E-state index in [0.717, 1.165) is 12.8 Å². The second-order valence-electron chi connectivity index (χ2n) is 6.45. The Bertz CT molecular complexity index is 707. The molecule has 0 bridgehead atoms. The maximum absolute atomic E-state index is 12.9. The maximum atomic E-state index is 12.9. The molecule has 1 aliphatic heterocycles. The third-order valence-electron chi connectivity index (χ3n) is 4.33. The van der Waals surface area contributed by atoms with Gasteiger partial charge in [-0.25, -0.2) is 0 Å². The van der Waals surface area contributed by atoms with Gasteiger partial charge in [-0.2, -0.15) is 26.3 Å². The molecule has 1 saturated heterocycles. The average Bonchev–Trinajstić information content (AvgIpc) is 3.29. The number of halogens is 6. The molecule has 2 aliphatic rings. The monoisotopic (exact) mass is 380 g/mol. The van der Waals surface area contributed by atoms with Gasteiger partial charge in [0.05, 0.1) is 17.2 Å². The number of alkyl halides is 6. The Hall–Kier alpha value is -2.26. The number of benzene rings is 1. The lowest BCUT2D eigenvalue weighted by Gasteiger charge is -2.17. The van der Waals surface area contributed by atoms with Crippen LogP contribution in [0.5, 0.6) is 0 Å². The van der Waals surface area contributed by atoms with Gasteiger partial charge in [0.15, 0.2) is 0 Å². The molecule has 1 aromatic rings. The van der Waals surface area contributed by atoms with Gasteiger partial charge < -0.3 is 10.2 Å². The van der Waals surface area contributed by atoms with E-state index in [1.54, 1.807) is 4.90 Å². The molecule has 0 unspecified atom stereocenters. The molecular weight excluding hydrogens is 366 g/mol. The molecule has 1 aromatic carbocycles. The molecule has 1 N–H and O–H groups in total. The van der Waals surface area contributed by atoms with Crippen LogP contribution in [0.4, 0.5) is 26.3 Å². The number of nitrogens with one attached hydrogen (secondary N) is 1. The van der Waals surface area contributed by atoms with E-state index in [1.165, 1.54) is 0 Å². The molecule has 0 spiro atoms. The fourth-order valence-corrected chi connectivity index (χ4v) is 2.92. The molecule has 1 atom stereocenters. The predicted octanol–water partition coefficient (Wildman–Crippen LogP) is 3.22. The molecule has 1 saturated carbocycles. The zero-order valence-corrected chi connectivity index (χ0v) is 13.2. The lowest BCUT2D eigenvalue weighted by Crippen LogP contribution is -2.37. The standard InChI is InChI=1S/C16H14F6N2O2/c17-15(18,19)9-3-8(4-10(5-9)16(20,21)22)14(26)23-11-6-13(25)24(7-11)12-1-2-12/h3-5,11-12H,1-2,6-7H2,(H,23,26)/t11-/m1/s1. The van der Waals surface area contributed by atoms with Gasteiger partial charge in [-0.1, -0.05) is 0 Å². The average molecular weight is 380 g/mol. The number of hydrogen-bond acceptors (Lipinski definition) is 2. The fourth-order valence-electron chi connectivity index (χ4n) is 2.92. The number of rotatable bonds is 3. The summed E-state index contributed by atoms with van der Waals surface area (Å²) in [4.78, 5) is 25.6. The van der Waals surface area contributed by atoms with Crippen molar-refractivity contribution in [3.63, 3.8) is 0 Å². The molecule has 2 amide bonds. The third kappa shape index (κ3) is 3.94. The lowest BCUT2D eigenvalue weighted by atomic mass is 10.0. The highest BCUT2D eigenvalue weighted by atomic mass is 19.4. The van der Waals surface area contributed by atoms with Crippen LogP contribution >= 0.6 is 0 Å². The summed E-state index contributed by atoms with van der Waals surface area (Å²) in [5.41, 5.74) is -3.86. The Kier molecular flexibility index (Phi) is 4.40. The number of carbonyl (C=O) groups is 2. The van der Waals surface area contributed by atoms with E-state index in [9.17, 15) is 35.9 Å². The van der Waals surface area contributed by atoms with Crippen LogP contribution in [0.25, 0.3) is 0 Å². The van der Waals surface area contributed by atoms with Gasteiger partial charge >= 0.3 is 12.4 Å². The van der Waals surface area contributed by atoms with Gasteiger partial charge in [0, 0.05) is 24.6 Å². The SMILES string of the molecule is O=C(N[C@@H]1CC(=O)N(C2CC2)C1)c1cc(C(F)(F)F)cc(C(F)(F)F)c1. The number of amides is 2. The van der Waals surface area contributed by atoms with E-state index in [-0.39, 0.29) is 31.0 Å². The topological polar surface area (TPSA) is 49.4 Å². The fraction of sp³-hybridized carbons (Fsp3) is 0.500. The van der Waals surface area contributed by atoms with Gasteiger partial charge in [-0.3, -0.25) is 9.59 Å². The Labute approximate surface area is 144 Å². The minimum absolute atomic E-state index is 0.0205. The number of carbonyl (C=O) groups excluding carboxylic acids is 2. The van der Waals surface area contributed by atoms with E-state index < -0.39 is 41.0 Å². The van der Waals surface area contributed by atoms with Crippen LogP contribution in [0.2, 0.25) is 0 Å². The van der Waals surface area contributed by atoms with Crippen LogP contribution in [0, 0.1) is 0 Å². The second kappa shape index (κ2) is 6.17. The Balaban J connectivity index is 1.81. The van der Waals surface area contributed by atoms with Crippen LogP contribution in [0.1, 0.15) is 40.7 Å². The van der Waals surface area contributed by atoms with Crippen molar-refractivity contribution in [3.05, 3.63) is 34.9 Å². The summed E-state index contributed by atoms with van der Waals surface area (Å²) < 4.78 is 77.1. The summed E-state index contributed by atoms with van der Waals surface area (Å²) in [7, 11) is 0. The van der Waals surface area contributed by atoms with E-state index in [1.807, 2.05) is 0 Å². The Morgan fingerprint density at radius 3 is 2.00 bits per heavy atom. The number of likely N-dealkylation sites (tertiary alicyclic amines) is 1. The maximum Gasteiger partial charge on any atom is 0.416 e. The highest BCUT2D eigenvalue weighted by Crippen LogP contribution is 2.36. The summed E-state index contributed by atoms with van der Waals surface area (Å²) in [5, 5.41) is 2.36. The largest absolute Gasteiger partial charge is 0.416 e. The van der Waals surface area contributed by atoms with Gasteiger partial charge in [-0.15, -0.1) is 0 Å². The van der Waals surface area contributed by atoms with Crippen molar-refractivity contribution in [2.45, 2.75) is 43.7 Å². The van der Waals surface area contributed by atoms with Crippen LogP contribution in [0.15, 0.2) is 18.2 Å². The molecule has 0 aromatic heterocycles. The lowest BCUT2D eigenvalue weighted by molar-refractivity contribution is -0.143. The van der Waals surface area contributed by atoms with Crippen LogP contribution in [-0.2, 0) is 17.1 Å². The molecule has 26 heavy (non-hydrogen) atoms. The molecule has 3 rings (SSSR count). The summed E-state index contributed by atoms with van der Waals surface area (Å²) in [6.45, 7) is 0.209. The Morgan fingerprint density at radius 1 is 1.00 bits per heavy atom. The smallest absolute Gasteiger partial charge is 0.347 e. The normalized spacial score (nSPS) is 21.2. The summed E-state index contributed by atoms with van der Waals surface area (Å²) in [5.74, 6) is -1.25. The number of hydrogen-bond donors (Lipinski definition) is 1. The van der Waals surface area contributed by atoms with Crippen LogP contribution < -0.4 is 5.32 Å². The van der Waals surface area contributed by atoms with Crippen molar-refractivity contribution in [2.24, 2.45) is 0 Å². The van der Waals surface area contributed by atoms with E-state index >= 15 is 0 Å². The van der Waals surface area contributed by atoms with Crippen LogP contribution in [-0.4, -0.2) is 35.3 Å². The molecule has 1 heterocycles. The molecular formula is C16H14F6N2O2. The summed E-state index contributed by atoms with van der Waals surface area (Å²) >= 11 is 0. The highest BCUT2D eigenvalue weighted by molar-refractivity contribution is 5.95. The minimum atomic E-state index is -5.03. The quantitative estimate of drug-likeness (QED) is 0.819. The van der Waals surface area contributed by atoms with Gasteiger partial charge in [-0.05, 0) is 31.0 Å².